The summed E-state index contributed by atoms with van der Waals surface area (Å²) in [6.07, 6.45) is 0.148. The quantitative estimate of drug-likeness (QED) is 0.736. The van der Waals surface area contributed by atoms with Crippen LogP contribution in [0.15, 0.2) is 23.3 Å². The molecule has 1 atom stereocenters. The van der Waals surface area contributed by atoms with Crippen molar-refractivity contribution >= 4 is 29.7 Å². The first-order valence-electron chi connectivity index (χ1n) is 8.51. The second kappa shape index (κ2) is 8.51. The van der Waals surface area contributed by atoms with Crippen LogP contribution in [0.4, 0.5) is 25.0 Å². The predicted molar refractivity (Wildman–Crippen MR) is 97.0 cm³/mol. The monoisotopic (exact) mass is 392 g/mol. The molecule has 0 aliphatic carbocycles. The van der Waals surface area contributed by atoms with Gasteiger partial charge in [0, 0.05) is 6.54 Å². The Balaban J connectivity index is 1.66. The van der Waals surface area contributed by atoms with Gasteiger partial charge in [-0.05, 0) is 18.2 Å². The van der Waals surface area contributed by atoms with Crippen molar-refractivity contribution in [3.63, 3.8) is 0 Å². The van der Waals surface area contributed by atoms with Crippen molar-refractivity contribution in [3.05, 3.63) is 35.4 Å². The molecule has 2 aliphatic rings. The third-order valence-corrected chi connectivity index (χ3v) is 4.26. The molecule has 0 bridgehead atoms. The molecule has 2 heterocycles. The van der Waals surface area contributed by atoms with Crippen LogP contribution in [0.3, 0.4) is 0 Å². The Morgan fingerprint density at radius 1 is 1.43 bits per heavy atom. The highest BCUT2D eigenvalue weighted by atomic mass is 19.1. The van der Waals surface area contributed by atoms with E-state index in [0.29, 0.717) is 24.5 Å². The van der Waals surface area contributed by atoms with Crippen LogP contribution in [0.1, 0.15) is 0 Å². The van der Waals surface area contributed by atoms with Gasteiger partial charge in [0.05, 0.1) is 31.0 Å². The summed E-state index contributed by atoms with van der Waals surface area (Å²) >= 11 is 0. The van der Waals surface area contributed by atoms with Crippen molar-refractivity contribution < 1.29 is 23.1 Å². The molecule has 2 aliphatic heterocycles. The largest absolute Gasteiger partial charge is 0.442 e. The minimum Gasteiger partial charge on any atom is -0.442 e. The lowest BCUT2D eigenvalue weighted by Crippen LogP contribution is -2.38. The van der Waals surface area contributed by atoms with Gasteiger partial charge in [-0.15, -0.1) is 0 Å². The number of anilines is 2. The van der Waals surface area contributed by atoms with Crippen LogP contribution in [-0.2, 0) is 9.53 Å². The Morgan fingerprint density at radius 3 is 2.89 bits per heavy atom. The van der Waals surface area contributed by atoms with E-state index in [1.54, 1.807) is 16.0 Å². The molecule has 1 saturated heterocycles. The number of cyclic esters (lactones) is 1. The normalized spacial score (nSPS) is 18.8. The van der Waals surface area contributed by atoms with E-state index in [0.717, 1.165) is 0 Å². The minimum absolute atomic E-state index is 0.0170. The van der Waals surface area contributed by atoms with Crippen LogP contribution in [0.5, 0.6) is 0 Å². The maximum absolute atomic E-state index is 14.6. The maximum Gasteiger partial charge on any atom is 0.414 e. The van der Waals surface area contributed by atoms with Crippen LogP contribution in [0.2, 0.25) is 0 Å². The first-order chi connectivity index (χ1) is 13.5. The number of carbonyl (C=O) groups excluding carboxylic acids is 2. The van der Waals surface area contributed by atoms with Gasteiger partial charge in [-0.3, -0.25) is 14.5 Å². The Labute approximate surface area is 159 Å². The zero-order valence-corrected chi connectivity index (χ0v) is 14.8. The highest BCUT2D eigenvalue weighted by molar-refractivity contribution is 5.90. The van der Waals surface area contributed by atoms with Crippen molar-refractivity contribution in [2.24, 2.45) is 5.10 Å². The first kappa shape index (κ1) is 19.3. The van der Waals surface area contributed by atoms with Gasteiger partial charge in [0.25, 0.3) is 5.91 Å². The number of halogens is 2. The summed E-state index contributed by atoms with van der Waals surface area (Å²) in [6.45, 7) is 6.89. The number of carbonyl (C=O) groups is 2. The molecule has 2 amide bonds. The molecule has 1 aromatic carbocycles. The smallest absolute Gasteiger partial charge is 0.414 e. The molecular formula is C17H18F2N6O3. The van der Waals surface area contributed by atoms with Crippen LogP contribution in [0, 0.1) is 12.4 Å². The zero-order valence-electron chi connectivity index (χ0n) is 14.8. The van der Waals surface area contributed by atoms with E-state index in [9.17, 15) is 18.4 Å². The Bertz CT molecular complexity index is 828. The van der Waals surface area contributed by atoms with Crippen molar-refractivity contribution in [1.29, 1.82) is 0 Å². The van der Waals surface area contributed by atoms with Gasteiger partial charge >= 0.3 is 12.8 Å². The second-order valence-corrected chi connectivity index (χ2v) is 6.14. The molecule has 0 spiro atoms. The third kappa shape index (κ3) is 4.28. The molecule has 0 aromatic heterocycles. The molecule has 1 fully saturated rings. The van der Waals surface area contributed by atoms with Crippen molar-refractivity contribution in [3.8, 4) is 0 Å². The summed E-state index contributed by atoms with van der Waals surface area (Å²) in [5.74, 6) is -1.33. The van der Waals surface area contributed by atoms with Gasteiger partial charge in [-0.1, -0.05) is 0 Å². The molecule has 1 N–H and O–H groups in total. The number of hydrogen-bond donors (Lipinski definition) is 1. The summed E-state index contributed by atoms with van der Waals surface area (Å²) < 4.78 is 31.9. The summed E-state index contributed by atoms with van der Waals surface area (Å²) in [7, 11) is 0. The van der Waals surface area contributed by atoms with Crippen molar-refractivity contribution in [2.45, 2.75) is 6.10 Å². The number of hydrogen-bond acceptors (Lipinski definition) is 6. The topological polar surface area (TPSA) is 81.8 Å². The molecule has 11 heteroatoms. The Hall–Kier alpha value is -3.42. The number of alkyl halides is 1. The number of amides is 2. The highest BCUT2D eigenvalue weighted by Gasteiger charge is 2.33. The molecule has 3 rings (SSSR count). The third-order valence-electron chi connectivity index (χ3n) is 4.26. The minimum atomic E-state index is -1.15. The van der Waals surface area contributed by atoms with Crippen LogP contribution >= 0.6 is 0 Å². The molecule has 1 aromatic rings. The van der Waals surface area contributed by atoms with Crippen molar-refractivity contribution in [2.75, 3.05) is 49.3 Å². The first-order valence-corrected chi connectivity index (χ1v) is 8.51. The van der Waals surface area contributed by atoms with Gasteiger partial charge in [-0.2, -0.15) is 5.10 Å². The molecule has 0 saturated carbocycles. The summed E-state index contributed by atoms with van der Waals surface area (Å²) in [4.78, 5) is 29.1. The predicted octanol–water partition coefficient (Wildman–Crippen LogP) is 1.18. The van der Waals surface area contributed by atoms with E-state index >= 15 is 0 Å². The number of ether oxygens (including phenoxy) is 1. The van der Waals surface area contributed by atoms with E-state index in [1.165, 1.54) is 23.4 Å². The number of nitrogens with zero attached hydrogens (tertiary/aromatic N) is 5. The van der Waals surface area contributed by atoms with E-state index in [4.69, 9.17) is 11.3 Å². The van der Waals surface area contributed by atoms with Crippen LogP contribution in [0.25, 0.3) is 4.85 Å². The molecule has 9 nitrogen and oxygen atoms in total. The summed E-state index contributed by atoms with van der Waals surface area (Å²) in [5.41, 5.74) is 0.614. The van der Waals surface area contributed by atoms with Crippen molar-refractivity contribution in [1.82, 2.24) is 10.3 Å². The number of hydrazone groups is 1. The lowest BCUT2D eigenvalue weighted by molar-refractivity contribution is -0.122. The lowest BCUT2D eigenvalue weighted by atomic mass is 10.2. The number of benzene rings is 1. The second-order valence-electron chi connectivity index (χ2n) is 6.14. The molecule has 148 valence electrons. The highest BCUT2D eigenvalue weighted by Crippen LogP contribution is 2.28. The van der Waals surface area contributed by atoms with Crippen LogP contribution < -0.4 is 15.1 Å². The fourth-order valence-corrected chi connectivity index (χ4v) is 2.86. The average Bonchev–Trinajstić information content (AvgIpc) is 3.07. The van der Waals surface area contributed by atoms with E-state index in [1.807, 2.05) is 0 Å². The molecule has 0 unspecified atom stereocenters. The number of nitrogens with one attached hydrogen (secondary N) is 1. The summed E-state index contributed by atoms with van der Waals surface area (Å²) in [5, 5.41) is 7.98. The summed E-state index contributed by atoms with van der Waals surface area (Å²) in [6, 6.07) is 4.34. The Kier molecular flexibility index (Phi) is 5.88. The zero-order chi connectivity index (χ0) is 20.1. The molecular weight excluding hydrogens is 374 g/mol. The van der Waals surface area contributed by atoms with Gasteiger partial charge in [0.15, 0.2) is 6.67 Å². The van der Waals surface area contributed by atoms with E-state index in [-0.39, 0.29) is 19.8 Å². The van der Waals surface area contributed by atoms with Gasteiger partial charge in [-0.25, -0.2) is 25.2 Å². The SMILES string of the molecule is [C-]#[N+]CN1CCN(c2ccc(N3C[C@H](CNC(=O)CF)OC3=O)cc2F)C=N1. The van der Waals surface area contributed by atoms with Crippen LogP contribution in [-0.4, -0.2) is 69.0 Å². The molecule has 28 heavy (non-hydrogen) atoms. The van der Waals surface area contributed by atoms with E-state index < -0.39 is 30.6 Å². The maximum atomic E-state index is 14.6. The lowest BCUT2D eigenvalue weighted by Gasteiger charge is -2.27. The Morgan fingerprint density at radius 2 is 2.25 bits per heavy atom. The molecule has 0 radical (unpaired) electrons. The number of rotatable bonds is 6. The fraction of sp³-hybridized carbons (Fsp3) is 0.412. The van der Waals surface area contributed by atoms with Gasteiger partial charge in [0.1, 0.15) is 18.3 Å². The average molecular weight is 392 g/mol. The van der Waals surface area contributed by atoms with E-state index in [2.05, 4.69) is 15.3 Å². The fourth-order valence-electron chi connectivity index (χ4n) is 2.86. The van der Waals surface area contributed by atoms with Gasteiger partial charge in [0.2, 0.25) is 0 Å². The van der Waals surface area contributed by atoms with Gasteiger partial charge < -0.3 is 15.0 Å². The standard InChI is InChI=1S/C17H18F2N6O3/c1-20-10-24-5-4-23(11-22-24)15-3-2-12(6-14(15)19)25-9-13(28-17(25)27)8-21-16(26)7-18/h2-3,6,11,13H,4-5,7-10H2,(H,21,26)/t13-/m0/s1.